The van der Waals surface area contributed by atoms with Crippen LogP contribution in [-0.2, 0) is 0 Å². The quantitative estimate of drug-likeness (QED) is 0.679. The molecule has 1 aromatic rings. The van der Waals surface area contributed by atoms with Crippen molar-refractivity contribution in [3.05, 3.63) is 35.9 Å². The lowest BCUT2D eigenvalue weighted by atomic mass is 10.1. The molecular formula is C10H13NO. The molecule has 0 spiro atoms. The molecule has 3 N–H and O–H groups in total. The second-order valence-electron chi connectivity index (χ2n) is 3.56. The van der Waals surface area contributed by atoms with E-state index in [-0.39, 0.29) is 12.1 Å². The first-order chi connectivity index (χ1) is 5.76. The van der Waals surface area contributed by atoms with Crippen molar-refractivity contribution in [2.75, 3.05) is 6.61 Å². The van der Waals surface area contributed by atoms with E-state index in [1.54, 1.807) is 0 Å². The molecule has 1 aromatic carbocycles. The summed E-state index contributed by atoms with van der Waals surface area (Å²) >= 11 is 0. The predicted octanol–water partition coefficient (Wildman–Crippen LogP) is 0.864. The molecule has 0 radical (unpaired) electrons. The summed E-state index contributed by atoms with van der Waals surface area (Å²) in [6.45, 7) is 0.0898. The molecule has 2 nitrogen and oxygen atoms in total. The van der Waals surface area contributed by atoms with Crippen LogP contribution >= 0.6 is 0 Å². The molecule has 1 fully saturated rings. The first-order valence-corrected chi connectivity index (χ1v) is 4.21. The Balaban J connectivity index is 2.16. The average Bonchev–Trinajstić information content (AvgIpc) is 2.81. The van der Waals surface area contributed by atoms with Crippen LogP contribution in [0.1, 0.15) is 17.9 Å². The zero-order valence-electron chi connectivity index (χ0n) is 6.90. The van der Waals surface area contributed by atoms with Gasteiger partial charge in [0.25, 0.3) is 0 Å². The minimum Gasteiger partial charge on any atom is -0.394 e. The van der Waals surface area contributed by atoms with Crippen LogP contribution in [0.4, 0.5) is 0 Å². The van der Waals surface area contributed by atoms with Crippen molar-refractivity contribution in [1.82, 2.24) is 0 Å². The summed E-state index contributed by atoms with van der Waals surface area (Å²) in [6.07, 6.45) is 0.910. The van der Waals surface area contributed by atoms with E-state index in [1.807, 2.05) is 18.2 Å². The maximum atomic E-state index is 8.97. The van der Waals surface area contributed by atoms with E-state index in [0.29, 0.717) is 5.92 Å². The van der Waals surface area contributed by atoms with Crippen LogP contribution in [0.25, 0.3) is 0 Å². The molecule has 0 heterocycles. The van der Waals surface area contributed by atoms with Gasteiger partial charge in [0.2, 0.25) is 0 Å². The molecular weight excluding hydrogens is 150 g/mol. The Morgan fingerprint density at radius 3 is 2.58 bits per heavy atom. The maximum Gasteiger partial charge on any atom is 0.0617 e. The summed E-state index contributed by atoms with van der Waals surface area (Å²) in [7, 11) is 0. The standard InChI is InChI=1S/C10H13NO/c11-10(7-12)6-9(10)8-4-2-1-3-5-8/h1-5,9,12H,6-7,11H2/t9-,10-/m0/s1. The van der Waals surface area contributed by atoms with Crippen molar-refractivity contribution in [2.24, 2.45) is 5.73 Å². The van der Waals surface area contributed by atoms with Crippen molar-refractivity contribution in [3.8, 4) is 0 Å². The third kappa shape index (κ3) is 1.13. The van der Waals surface area contributed by atoms with Gasteiger partial charge in [0.1, 0.15) is 0 Å². The van der Waals surface area contributed by atoms with Gasteiger partial charge < -0.3 is 10.8 Å². The molecule has 2 heteroatoms. The highest BCUT2D eigenvalue weighted by molar-refractivity contribution is 5.32. The van der Waals surface area contributed by atoms with E-state index in [2.05, 4.69) is 12.1 Å². The molecule has 0 amide bonds. The minimum atomic E-state index is -0.332. The number of hydrogen-bond acceptors (Lipinski definition) is 2. The van der Waals surface area contributed by atoms with E-state index in [0.717, 1.165) is 6.42 Å². The van der Waals surface area contributed by atoms with Crippen molar-refractivity contribution in [3.63, 3.8) is 0 Å². The molecule has 0 unspecified atom stereocenters. The molecule has 0 bridgehead atoms. The Labute approximate surface area is 72.0 Å². The van der Waals surface area contributed by atoms with Crippen molar-refractivity contribution >= 4 is 0 Å². The molecule has 1 aliphatic carbocycles. The van der Waals surface area contributed by atoms with Gasteiger partial charge in [0, 0.05) is 11.5 Å². The largest absolute Gasteiger partial charge is 0.394 e. The van der Waals surface area contributed by atoms with E-state index in [4.69, 9.17) is 10.8 Å². The van der Waals surface area contributed by atoms with Gasteiger partial charge in [-0.15, -0.1) is 0 Å². The number of aliphatic hydroxyl groups excluding tert-OH is 1. The second-order valence-corrected chi connectivity index (χ2v) is 3.56. The van der Waals surface area contributed by atoms with Crippen LogP contribution < -0.4 is 5.73 Å². The first-order valence-electron chi connectivity index (χ1n) is 4.21. The highest BCUT2D eigenvalue weighted by Crippen LogP contribution is 2.48. The highest BCUT2D eigenvalue weighted by atomic mass is 16.3. The summed E-state index contributed by atoms with van der Waals surface area (Å²) in [5.41, 5.74) is 6.78. The summed E-state index contributed by atoms with van der Waals surface area (Å²) < 4.78 is 0. The number of benzene rings is 1. The topological polar surface area (TPSA) is 46.2 Å². The molecule has 12 heavy (non-hydrogen) atoms. The van der Waals surface area contributed by atoms with Crippen LogP contribution in [0, 0.1) is 0 Å². The molecule has 1 aliphatic rings. The summed E-state index contributed by atoms with van der Waals surface area (Å²) in [5, 5.41) is 8.97. The molecule has 64 valence electrons. The number of hydrogen-bond donors (Lipinski definition) is 2. The van der Waals surface area contributed by atoms with Crippen LogP contribution in [0.5, 0.6) is 0 Å². The van der Waals surface area contributed by atoms with Gasteiger partial charge in [-0.3, -0.25) is 0 Å². The molecule has 0 aromatic heterocycles. The number of aliphatic hydroxyl groups is 1. The highest BCUT2D eigenvalue weighted by Gasteiger charge is 2.51. The summed E-state index contributed by atoms with van der Waals surface area (Å²) in [4.78, 5) is 0. The van der Waals surface area contributed by atoms with Crippen molar-refractivity contribution in [1.29, 1.82) is 0 Å². The fourth-order valence-electron chi connectivity index (χ4n) is 1.63. The molecule has 1 saturated carbocycles. The Morgan fingerprint density at radius 1 is 1.42 bits per heavy atom. The molecule has 0 saturated heterocycles. The van der Waals surface area contributed by atoms with Crippen LogP contribution in [0.2, 0.25) is 0 Å². The van der Waals surface area contributed by atoms with Gasteiger partial charge in [0.05, 0.1) is 6.61 Å². The van der Waals surface area contributed by atoms with Crippen molar-refractivity contribution in [2.45, 2.75) is 17.9 Å². The first kappa shape index (κ1) is 7.77. The number of rotatable bonds is 2. The van der Waals surface area contributed by atoms with Gasteiger partial charge >= 0.3 is 0 Å². The lowest BCUT2D eigenvalue weighted by Gasteiger charge is -2.06. The minimum absolute atomic E-state index is 0.0898. The number of nitrogens with two attached hydrogens (primary N) is 1. The summed E-state index contributed by atoms with van der Waals surface area (Å²) in [6, 6.07) is 10.1. The molecule has 2 rings (SSSR count). The Morgan fingerprint density at radius 2 is 2.08 bits per heavy atom. The normalized spacial score (nSPS) is 33.3. The third-order valence-electron chi connectivity index (χ3n) is 2.61. The Hall–Kier alpha value is -0.860. The lowest BCUT2D eigenvalue weighted by molar-refractivity contribution is 0.253. The van der Waals surface area contributed by atoms with Gasteiger partial charge in [-0.1, -0.05) is 30.3 Å². The Kier molecular flexibility index (Phi) is 1.67. The monoisotopic (exact) mass is 163 g/mol. The van der Waals surface area contributed by atoms with E-state index < -0.39 is 0 Å². The lowest BCUT2D eigenvalue weighted by Crippen LogP contribution is -2.28. The van der Waals surface area contributed by atoms with Gasteiger partial charge in [-0.25, -0.2) is 0 Å². The second kappa shape index (κ2) is 2.57. The van der Waals surface area contributed by atoms with Crippen LogP contribution in [0.3, 0.4) is 0 Å². The molecule has 0 aliphatic heterocycles. The zero-order chi connectivity index (χ0) is 8.60. The zero-order valence-corrected chi connectivity index (χ0v) is 6.90. The van der Waals surface area contributed by atoms with Crippen LogP contribution in [-0.4, -0.2) is 17.3 Å². The summed E-state index contributed by atoms with van der Waals surface area (Å²) in [5.74, 6) is 0.365. The smallest absolute Gasteiger partial charge is 0.0617 e. The van der Waals surface area contributed by atoms with Gasteiger partial charge in [-0.2, -0.15) is 0 Å². The fraction of sp³-hybridized carbons (Fsp3) is 0.400. The fourth-order valence-corrected chi connectivity index (χ4v) is 1.63. The van der Waals surface area contributed by atoms with E-state index >= 15 is 0 Å². The van der Waals surface area contributed by atoms with Crippen molar-refractivity contribution < 1.29 is 5.11 Å². The molecule has 2 atom stereocenters. The SMILES string of the molecule is N[C@]1(CO)C[C@H]1c1ccccc1. The van der Waals surface area contributed by atoms with E-state index in [9.17, 15) is 0 Å². The van der Waals surface area contributed by atoms with Gasteiger partial charge in [-0.05, 0) is 12.0 Å². The predicted molar refractivity (Wildman–Crippen MR) is 47.8 cm³/mol. The van der Waals surface area contributed by atoms with E-state index in [1.165, 1.54) is 5.56 Å². The third-order valence-corrected chi connectivity index (χ3v) is 2.61. The van der Waals surface area contributed by atoms with Gasteiger partial charge in [0.15, 0.2) is 0 Å². The van der Waals surface area contributed by atoms with Crippen LogP contribution in [0.15, 0.2) is 30.3 Å². The average molecular weight is 163 g/mol. The maximum absolute atomic E-state index is 8.97. The Bertz CT molecular complexity index is 272.